The van der Waals surface area contributed by atoms with Crippen LogP contribution in [0.2, 0.25) is 0 Å². The van der Waals surface area contributed by atoms with E-state index in [9.17, 15) is 13.0 Å². The van der Waals surface area contributed by atoms with Crippen LogP contribution in [0.3, 0.4) is 0 Å². The van der Waals surface area contributed by atoms with Crippen LogP contribution in [0.5, 0.6) is 11.5 Å². The SMILES string of the molecule is COc1cccc(OC)c1-c1cc(S(=O)(=O)[O-])ccc1P(C1CCCCC1)C1CCCCC1.[Na+]. The molecule has 2 fully saturated rings. The molecule has 0 unspecified atom stereocenters. The fourth-order valence-electron chi connectivity index (χ4n) is 5.62. The van der Waals surface area contributed by atoms with Gasteiger partial charge in [-0.15, -0.1) is 0 Å². The van der Waals surface area contributed by atoms with Crippen molar-refractivity contribution in [2.75, 3.05) is 14.2 Å². The van der Waals surface area contributed by atoms with Gasteiger partial charge in [0.15, 0.2) is 0 Å². The number of rotatable bonds is 7. The predicted octanol–water partition coefficient (Wildman–Crippen LogP) is 3.05. The molecule has 8 heteroatoms. The molecule has 0 heterocycles. The van der Waals surface area contributed by atoms with E-state index in [0.29, 0.717) is 22.8 Å². The van der Waals surface area contributed by atoms with Crippen LogP contribution in [0, 0.1) is 0 Å². The monoisotopic (exact) mass is 512 g/mol. The zero-order valence-corrected chi connectivity index (χ0v) is 24.3. The molecule has 180 valence electrons. The van der Waals surface area contributed by atoms with E-state index in [1.54, 1.807) is 20.3 Å². The minimum atomic E-state index is -4.59. The van der Waals surface area contributed by atoms with E-state index in [1.807, 2.05) is 24.3 Å². The zero-order valence-electron chi connectivity index (χ0n) is 20.6. The third-order valence-electron chi connectivity index (χ3n) is 7.17. The second-order valence-electron chi connectivity index (χ2n) is 9.16. The van der Waals surface area contributed by atoms with Crippen LogP contribution in [0.4, 0.5) is 0 Å². The van der Waals surface area contributed by atoms with Crippen molar-refractivity contribution < 1.29 is 52.0 Å². The van der Waals surface area contributed by atoms with Crippen molar-refractivity contribution in [2.45, 2.75) is 80.4 Å². The third-order valence-corrected chi connectivity index (χ3v) is 11.6. The van der Waals surface area contributed by atoms with Crippen molar-refractivity contribution in [2.24, 2.45) is 0 Å². The molecule has 0 bridgehead atoms. The average Bonchev–Trinajstić information content (AvgIpc) is 2.84. The first-order chi connectivity index (χ1) is 15.9. The Morgan fingerprint density at radius 2 is 1.32 bits per heavy atom. The molecule has 0 amide bonds. The Morgan fingerprint density at radius 3 is 1.76 bits per heavy atom. The maximum Gasteiger partial charge on any atom is 1.00 e. The first-order valence-electron chi connectivity index (χ1n) is 12.0. The van der Waals surface area contributed by atoms with Gasteiger partial charge in [-0.2, -0.15) is 0 Å². The van der Waals surface area contributed by atoms with Gasteiger partial charge in [-0.05, 0) is 72.1 Å². The molecule has 5 nitrogen and oxygen atoms in total. The van der Waals surface area contributed by atoms with Crippen molar-refractivity contribution in [3.05, 3.63) is 36.4 Å². The van der Waals surface area contributed by atoms with Gasteiger partial charge in [0.05, 0.1) is 24.7 Å². The standard InChI is InChI=1S/C26H35O5PS.Na/c1-30-23-14-9-15-24(31-2)26(23)22-18-21(33(27,28)29)16-17-25(22)32(19-10-5-3-6-11-19)20-12-7-4-8-13-20;/h9,14-20H,3-8,10-13H2,1-2H3,(H,27,28,29);/q;+1/p-1. The van der Waals surface area contributed by atoms with Gasteiger partial charge in [0.1, 0.15) is 21.6 Å². The summed E-state index contributed by atoms with van der Waals surface area (Å²) in [5.41, 5.74) is 2.78. The summed E-state index contributed by atoms with van der Waals surface area (Å²) < 4.78 is 47.4. The number of ether oxygens (including phenoxy) is 2. The normalized spacial score (nSPS) is 17.9. The molecule has 0 saturated heterocycles. The molecule has 0 aromatic heterocycles. The van der Waals surface area contributed by atoms with E-state index in [1.165, 1.54) is 75.6 Å². The average molecular weight is 513 g/mol. The first kappa shape index (κ1) is 28.0. The Kier molecular flexibility index (Phi) is 10.3. The summed E-state index contributed by atoms with van der Waals surface area (Å²) in [5.74, 6) is 1.25. The molecule has 0 N–H and O–H groups in total. The summed E-state index contributed by atoms with van der Waals surface area (Å²) in [6.45, 7) is 0. The Labute approximate surface area is 227 Å². The molecule has 0 aliphatic heterocycles. The number of hydrogen-bond acceptors (Lipinski definition) is 5. The van der Waals surface area contributed by atoms with Crippen molar-refractivity contribution >= 4 is 23.3 Å². The Hall–Kier alpha value is -0.620. The van der Waals surface area contributed by atoms with Crippen LogP contribution in [-0.2, 0) is 10.1 Å². The quantitative estimate of drug-likeness (QED) is 0.324. The third kappa shape index (κ3) is 6.19. The van der Waals surface area contributed by atoms with E-state index >= 15 is 0 Å². The summed E-state index contributed by atoms with van der Waals surface area (Å²) in [5, 5.41) is 1.19. The fourth-order valence-corrected chi connectivity index (χ4v) is 10.0. The molecule has 0 radical (unpaired) electrons. The van der Waals surface area contributed by atoms with Crippen molar-refractivity contribution in [3.8, 4) is 22.6 Å². The molecule has 2 aromatic rings. The van der Waals surface area contributed by atoms with Crippen molar-refractivity contribution in [1.82, 2.24) is 0 Å². The van der Waals surface area contributed by atoms with Crippen molar-refractivity contribution in [1.29, 1.82) is 0 Å². The largest absolute Gasteiger partial charge is 1.00 e. The zero-order chi connectivity index (χ0) is 23.4. The summed E-state index contributed by atoms with van der Waals surface area (Å²) in [6.07, 6.45) is 12.5. The topological polar surface area (TPSA) is 75.7 Å². The summed E-state index contributed by atoms with van der Waals surface area (Å²) in [6, 6.07) is 10.6. The minimum absolute atomic E-state index is 0. The van der Waals surface area contributed by atoms with Crippen molar-refractivity contribution in [3.63, 3.8) is 0 Å². The Bertz CT molecular complexity index is 1020. The van der Waals surface area contributed by atoms with Gasteiger partial charge in [-0.1, -0.05) is 58.6 Å². The molecule has 4 rings (SSSR count). The van der Waals surface area contributed by atoms with Gasteiger partial charge in [0.2, 0.25) is 0 Å². The summed E-state index contributed by atoms with van der Waals surface area (Å²) in [4.78, 5) is -0.198. The number of benzene rings is 2. The van der Waals surface area contributed by atoms with Gasteiger partial charge in [0, 0.05) is 0 Å². The second-order valence-corrected chi connectivity index (χ2v) is 13.3. The van der Waals surface area contributed by atoms with Crippen LogP contribution in [0.15, 0.2) is 41.3 Å². The van der Waals surface area contributed by atoms with Gasteiger partial charge in [0.25, 0.3) is 0 Å². The van der Waals surface area contributed by atoms with Gasteiger partial charge in [-0.3, -0.25) is 0 Å². The minimum Gasteiger partial charge on any atom is -0.744 e. The molecular weight excluding hydrogens is 478 g/mol. The van der Waals surface area contributed by atoms with Crippen LogP contribution < -0.4 is 44.3 Å². The molecule has 2 aliphatic rings. The van der Waals surface area contributed by atoms with E-state index in [4.69, 9.17) is 9.47 Å². The van der Waals surface area contributed by atoms with Crippen LogP contribution in [0.25, 0.3) is 11.1 Å². The molecule has 2 aromatic carbocycles. The summed E-state index contributed by atoms with van der Waals surface area (Å²) in [7, 11) is -1.90. The van der Waals surface area contributed by atoms with E-state index in [0.717, 1.165) is 11.1 Å². The molecule has 0 atom stereocenters. The van der Waals surface area contributed by atoms with Gasteiger partial charge in [-0.25, -0.2) is 8.42 Å². The summed E-state index contributed by atoms with van der Waals surface area (Å²) >= 11 is 0. The Balaban J connectivity index is 0.00000324. The van der Waals surface area contributed by atoms with E-state index in [2.05, 4.69) is 0 Å². The number of hydrogen-bond donors (Lipinski definition) is 0. The first-order valence-corrected chi connectivity index (χ1v) is 14.9. The van der Waals surface area contributed by atoms with Crippen LogP contribution >= 0.6 is 7.92 Å². The Morgan fingerprint density at radius 1 is 0.824 bits per heavy atom. The molecular formula is C26H34NaO5PS. The van der Waals surface area contributed by atoms with Gasteiger partial charge < -0.3 is 14.0 Å². The molecule has 34 heavy (non-hydrogen) atoms. The maximum absolute atomic E-state index is 12.0. The predicted molar refractivity (Wildman–Crippen MR) is 133 cm³/mol. The molecule has 2 aliphatic carbocycles. The van der Waals surface area contributed by atoms with Gasteiger partial charge >= 0.3 is 29.6 Å². The van der Waals surface area contributed by atoms with Crippen LogP contribution in [0.1, 0.15) is 64.2 Å². The maximum atomic E-state index is 12.0. The number of methoxy groups -OCH3 is 2. The second kappa shape index (κ2) is 12.6. The van der Waals surface area contributed by atoms with E-state index in [-0.39, 0.29) is 34.5 Å². The smallest absolute Gasteiger partial charge is 0.744 e. The van der Waals surface area contributed by atoms with Crippen LogP contribution in [-0.4, -0.2) is 38.5 Å². The fraction of sp³-hybridized carbons (Fsp3) is 0.538. The molecule has 2 saturated carbocycles. The van der Waals surface area contributed by atoms with E-state index < -0.39 is 18.0 Å². The molecule has 0 spiro atoms.